The lowest BCUT2D eigenvalue weighted by Gasteiger charge is -2.30. The van der Waals surface area contributed by atoms with Crippen molar-refractivity contribution in [1.29, 1.82) is 5.26 Å². The number of anilines is 2. The predicted octanol–water partition coefficient (Wildman–Crippen LogP) is 3.71. The third kappa shape index (κ3) is 4.00. The van der Waals surface area contributed by atoms with Crippen LogP contribution in [0.4, 0.5) is 11.5 Å². The van der Waals surface area contributed by atoms with Crippen molar-refractivity contribution in [2.24, 2.45) is 0 Å². The largest absolute Gasteiger partial charge is 0.376 e. The highest BCUT2D eigenvalue weighted by atomic mass is 32.2. The molecule has 0 aliphatic carbocycles. The van der Waals surface area contributed by atoms with E-state index in [-0.39, 0.29) is 18.6 Å². The molecule has 0 spiro atoms. The maximum Gasteiger partial charge on any atom is 0.245 e. The van der Waals surface area contributed by atoms with E-state index in [1.165, 1.54) is 4.90 Å². The maximum absolute atomic E-state index is 13.0. The fraction of sp³-hybridized carbons (Fsp3) is 0.455. The van der Waals surface area contributed by atoms with Crippen LogP contribution in [-0.2, 0) is 16.1 Å². The number of hydrogen-bond donors (Lipinski definition) is 1. The normalized spacial score (nSPS) is 18.4. The van der Waals surface area contributed by atoms with Crippen LogP contribution in [0, 0.1) is 25.2 Å². The molecule has 4 rings (SSSR count). The van der Waals surface area contributed by atoms with Gasteiger partial charge in [0, 0.05) is 29.5 Å². The summed E-state index contributed by atoms with van der Waals surface area (Å²) in [6.45, 7) is 6.48. The molecule has 152 valence electrons. The Bertz CT molecular complexity index is 956. The van der Waals surface area contributed by atoms with Crippen LogP contribution in [0.3, 0.4) is 0 Å². The Morgan fingerprint density at radius 2 is 2.21 bits per heavy atom. The molecule has 2 aromatic rings. The lowest BCUT2D eigenvalue weighted by molar-refractivity contribution is -0.115. The molecule has 2 aliphatic heterocycles. The van der Waals surface area contributed by atoms with Crippen molar-refractivity contribution in [3.63, 3.8) is 0 Å². The van der Waals surface area contributed by atoms with E-state index in [4.69, 9.17) is 4.74 Å². The number of hydrogen-bond acceptors (Lipinski definition) is 5. The van der Waals surface area contributed by atoms with Gasteiger partial charge in [-0.1, -0.05) is 12.1 Å². The molecule has 1 aromatic heterocycles. The van der Waals surface area contributed by atoms with Gasteiger partial charge < -0.3 is 19.5 Å². The first-order valence-electron chi connectivity index (χ1n) is 10.1. The fourth-order valence-electron chi connectivity index (χ4n) is 4.09. The predicted molar refractivity (Wildman–Crippen MR) is 116 cm³/mol. The Labute approximate surface area is 175 Å². The lowest BCUT2D eigenvalue weighted by Crippen LogP contribution is -2.37. The first kappa shape index (κ1) is 19.9. The summed E-state index contributed by atoms with van der Waals surface area (Å²) in [6.07, 6.45) is 2.20. The standard InChI is InChI=1S/C22H26N4O2S/c1-15-16(2)26(13-17-6-5-10-28-17)22(18(15)12-23)24-21(27)14-25-9-11-29-20-8-4-3-7-19(20)25/h3-4,7-8,17H,5-6,9-11,13-14H2,1-2H3,(H,24,27). The topological polar surface area (TPSA) is 70.3 Å². The van der Waals surface area contributed by atoms with E-state index in [1.807, 2.05) is 42.3 Å². The number of amides is 1. The van der Waals surface area contributed by atoms with Gasteiger partial charge in [0.25, 0.3) is 0 Å². The van der Waals surface area contributed by atoms with Gasteiger partial charge in [0.05, 0.1) is 30.4 Å². The molecule has 1 amide bonds. The van der Waals surface area contributed by atoms with Crippen molar-refractivity contribution in [1.82, 2.24) is 4.57 Å². The molecule has 7 heteroatoms. The second kappa shape index (κ2) is 8.52. The number of rotatable bonds is 5. The smallest absolute Gasteiger partial charge is 0.245 e. The zero-order chi connectivity index (χ0) is 20.4. The van der Waals surface area contributed by atoms with Crippen LogP contribution < -0.4 is 10.2 Å². The molecule has 0 radical (unpaired) electrons. The van der Waals surface area contributed by atoms with Crippen LogP contribution in [-0.4, -0.2) is 42.0 Å². The Kier molecular flexibility index (Phi) is 5.84. The fourth-order valence-corrected chi connectivity index (χ4v) is 5.14. The zero-order valence-corrected chi connectivity index (χ0v) is 17.7. The van der Waals surface area contributed by atoms with Gasteiger partial charge in [-0.25, -0.2) is 0 Å². The van der Waals surface area contributed by atoms with Crippen molar-refractivity contribution >= 4 is 29.2 Å². The number of carbonyl (C=O) groups is 1. The van der Waals surface area contributed by atoms with Gasteiger partial charge in [-0.2, -0.15) is 5.26 Å². The number of para-hydroxylation sites is 1. The van der Waals surface area contributed by atoms with Crippen molar-refractivity contribution in [3.8, 4) is 6.07 Å². The number of nitriles is 1. The van der Waals surface area contributed by atoms with Crippen molar-refractivity contribution in [2.45, 2.75) is 44.2 Å². The summed E-state index contributed by atoms with van der Waals surface area (Å²) >= 11 is 1.82. The molecule has 1 aromatic carbocycles. The number of carbonyl (C=O) groups excluding carboxylic acids is 1. The first-order valence-corrected chi connectivity index (χ1v) is 11.0. The Balaban J connectivity index is 1.55. The van der Waals surface area contributed by atoms with Crippen molar-refractivity contribution in [2.75, 3.05) is 35.7 Å². The molecule has 6 nitrogen and oxygen atoms in total. The van der Waals surface area contributed by atoms with E-state index in [2.05, 4.69) is 28.4 Å². The molecule has 0 saturated carbocycles. The molecular formula is C22H26N4O2S. The number of thioether (sulfide) groups is 1. The minimum atomic E-state index is -0.103. The molecule has 3 heterocycles. The summed E-state index contributed by atoms with van der Waals surface area (Å²) in [5.74, 6) is 1.46. The van der Waals surface area contributed by atoms with Gasteiger partial charge in [0.2, 0.25) is 5.91 Å². The van der Waals surface area contributed by atoms with Gasteiger partial charge >= 0.3 is 0 Å². The number of benzene rings is 1. The van der Waals surface area contributed by atoms with E-state index < -0.39 is 0 Å². The second-order valence-corrected chi connectivity index (χ2v) is 8.71. The quantitative estimate of drug-likeness (QED) is 0.814. The van der Waals surface area contributed by atoms with E-state index in [0.29, 0.717) is 17.9 Å². The van der Waals surface area contributed by atoms with Gasteiger partial charge in [-0.15, -0.1) is 11.8 Å². The summed E-state index contributed by atoms with van der Waals surface area (Å²) in [6, 6.07) is 10.5. The summed E-state index contributed by atoms with van der Waals surface area (Å²) in [5, 5.41) is 12.7. The summed E-state index contributed by atoms with van der Waals surface area (Å²) in [4.78, 5) is 16.3. The molecule has 29 heavy (non-hydrogen) atoms. The average Bonchev–Trinajstić information content (AvgIpc) is 3.31. The molecular weight excluding hydrogens is 384 g/mol. The number of ether oxygens (including phenoxy) is 1. The van der Waals surface area contributed by atoms with Crippen LogP contribution >= 0.6 is 11.8 Å². The number of nitrogens with zero attached hydrogens (tertiary/aromatic N) is 3. The Hall–Kier alpha value is -2.43. The van der Waals surface area contributed by atoms with E-state index in [1.54, 1.807) is 0 Å². The minimum Gasteiger partial charge on any atom is -0.376 e. The monoisotopic (exact) mass is 410 g/mol. The Morgan fingerprint density at radius 1 is 1.38 bits per heavy atom. The summed E-state index contributed by atoms with van der Waals surface area (Å²) in [5.41, 5.74) is 3.57. The highest BCUT2D eigenvalue weighted by molar-refractivity contribution is 7.99. The minimum absolute atomic E-state index is 0.103. The highest BCUT2D eigenvalue weighted by Gasteiger charge is 2.25. The van der Waals surface area contributed by atoms with Gasteiger partial charge in [-0.3, -0.25) is 4.79 Å². The van der Waals surface area contributed by atoms with E-state index in [0.717, 1.165) is 48.7 Å². The molecule has 1 atom stereocenters. The van der Waals surface area contributed by atoms with Crippen LogP contribution in [0.15, 0.2) is 29.2 Å². The van der Waals surface area contributed by atoms with E-state index >= 15 is 0 Å². The van der Waals surface area contributed by atoms with Crippen molar-refractivity contribution in [3.05, 3.63) is 41.1 Å². The van der Waals surface area contributed by atoms with Gasteiger partial charge in [-0.05, 0) is 44.4 Å². The summed E-state index contributed by atoms with van der Waals surface area (Å²) < 4.78 is 7.83. The SMILES string of the molecule is Cc1c(C#N)c(NC(=O)CN2CCSc3ccccc32)n(CC2CCCO2)c1C. The summed E-state index contributed by atoms with van der Waals surface area (Å²) in [7, 11) is 0. The Morgan fingerprint density at radius 3 is 2.97 bits per heavy atom. The van der Waals surface area contributed by atoms with Crippen molar-refractivity contribution < 1.29 is 9.53 Å². The third-order valence-electron chi connectivity index (χ3n) is 5.77. The lowest BCUT2D eigenvalue weighted by atomic mass is 10.2. The number of fused-ring (bicyclic) bond motifs is 1. The first-order chi connectivity index (χ1) is 14.1. The van der Waals surface area contributed by atoms with E-state index in [9.17, 15) is 10.1 Å². The van der Waals surface area contributed by atoms with Crippen LogP contribution in [0.25, 0.3) is 0 Å². The van der Waals surface area contributed by atoms with Crippen LogP contribution in [0.5, 0.6) is 0 Å². The van der Waals surface area contributed by atoms with Crippen LogP contribution in [0.1, 0.15) is 29.7 Å². The van der Waals surface area contributed by atoms with Gasteiger partial charge in [0.1, 0.15) is 11.9 Å². The molecule has 2 aliphatic rings. The number of aromatic nitrogens is 1. The maximum atomic E-state index is 13.0. The number of nitrogens with one attached hydrogen (secondary N) is 1. The second-order valence-electron chi connectivity index (χ2n) is 7.58. The molecule has 0 bridgehead atoms. The molecule has 1 fully saturated rings. The molecule has 1 N–H and O–H groups in total. The van der Waals surface area contributed by atoms with Crippen LogP contribution in [0.2, 0.25) is 0 Å². The average molecular weight is 411 g/mol. The molecule has 1 unspecified atom stereocenters. The van der Waals surface area contributed by atoms with Gasteiger partial charge in [0.15, 0.2) is 0 Å². The highest BCUT2D eigenvalue weighted by Crippen LogP contribution is 2.34. The third-order valence-corrected chi connectivity index (χ3v) is 6.81. The zero-order valence-electron chi connectivity index (χ0n) is 16.9. The molecule has 1 saturated heterocycles.